The van der Waals surface area contributed by atoms with Gasteiger partial charge in [0.2, 0.25) is 0 Å². The van der Waals surface area contributed by atoms with Crippen molar-refractivity contribution in [1.82, 2.24) is 19.3 Å². The van der Waals surface area contributed by atoms with Crippen molar-refractivity contribution in [3.63, 3.8) is 0 Å². The minimum Gasteiger partial charge on any atom is -0.495 e. The van der Waals surface area contributed by atoms with E-state index in [9.17, 15) is 0 Å². The fraction of sp³-hybridized carbons (Fsp3) is 0.160. The van der Waals surface area contributed by atoms with E-state index >= 15 is 0 Å². The van der Waals surface area contributed by atoms with E-state index in [1.807, 2.05) is 67.6 Å². The summed E-state index contributed by atoms with van der Waals surface area (Å²) < 4.78 is 9.41. The van der Waals surface area contributed by atoms with Crippen LogP contribution in [0, 0.1) is 6.92 Å². The SMILES string of the molecule is C=N/C(=C\c1c(C)cccc1-c1cnn(C)c1)Nc1ccc(-c2cncn2C)cc1OC. The fourth-order valence-electron chi connectivity index (χ4n) is 3.67. The quantitative estimate of drug-likeness (QED) is 0.426. The molecule has 162 valence electrons. The average Bonchev–Trinajstić information content (AvgIpc) is 3.42. The molecule has 0 aliphatic heterocycles. The molecule has 0 saturated carbocycles. The second-order valence-corrected chi connectivity index (χ2v) is 7.56. The first-order valence-corrected chi connectivity index (χ1v) is 10.2. The third kappa shape index (κ3) is 4.18. The predicted octanol–water partition coefficient (Wildman–Crippen LogP) is 4.92. The molecule has 2 heterocycles. The Morgan fingerprint density at radius 3 is 2.66 bits per heavy atom. The van der Waals surface area contributed by atoms with E-state index in [-0.39, 0.29) is 0 Å². The molecule has 7 heteroatoms. The lowest BCUT2D eigenvalue weighted by Crippen LogP contribution is -2.01. The Bertz CT molecular complexity index is 1300. The summed E-state index contributed by atoms with van der Waals surface area (Å²) in [6.07, 6.45) is 9.47. The molecule has 0 aliphatic rings. The van der Waals surface area contributed by atoms with Crippen molar-refractivity contribution in [2.45, 2.75) is 6.92 Å². The maximum Gasteiger partial charge on any atom is 0.143 e. The van der Waals surface area contributed by atoms with E-state index in [0.29, 0.717) is 11.6 Å². The monoisotopic (exact) mass is 426 g/mol. The Kier molecular flexibility index (Phi) is 5.89. The molecule has 32 heavy (non-hydrogen) atoms. The lowest BCUT2D eigenvalue weighted by atomic mass is 9.97. The van der Waals surface area contributed by atoms with Gasteiger partial charge in [-0.1, -0.05) is 24.3 Å². The zero-order valence-electron chi connectivity index (χ0n) is 18.7. The number of rotatable bonds is 7. The summed E-state index contributed by atoms with van der Waals surface area (Å²) >= 11 is 0. The van der Waals surface area contributed by atoms with Crippen molar-refractivity contribution in [3.05, 3.63) is 78.3 Å². The minimum atomic E-state index is 0.621. The van der Waals surface area contributed by atoms with E-state index in [2.05, 4.69) is 46.2 Å². The van der Waals surface area contributed by atoms with Crippen LogP contribution in [-0.2, 0) is 14.1 Å². The first-order chi connectivity index (χ1) is 15.5. The van der Waals surface area contributed by atoms with Crippen LogP contribution in [0.1, 0.15) is 11.1 Å². The van der Waals surface area contributed by atoms with Gasteiger partial charge in [-0.05, 0) is 48.5 Å². The van der Waals surface area contributed by atoms with Crippen LogP contribution in [-0.4, -0.2) is 33.2 Å². The number of aryl methyl sites for hydroxylation is 3. The van der Waals surface area contributed by atoms with Gasteiger partial charge in [-0.15, -0.1) is 0 Å². The molecule has 0 aliphatic carbocycles. The van der Waals surface area contributed by atoms with Crippen molar-refractivity contribution >= 4 is 18.5 Å². The number of nitrogens with one attached hydrogen (secondary N) is 1. The summed E-state index contributed by atoms with van der Waals surface area (Å²) in [5.74, 6) is 1.33. The minimum absolute atomic E-state index is 0.621. The third-order valence-corrected chi connectivity index (χ3v) is 5.37. The summed E-state index contributed by atoms with van der Waals surface area (Å²) in [7, 11) is 5.53. The maximum absolute atomic E-state index is 5.65. The van der Waals surface area contributed by atoms with Crippen LogP contribution in [0.3, 0.4) is 0 Å². The van der Waals surface area contributed by atoms with E-state index in [0.717, 1.165) is 39.2 Å². The molecule has 1 N–H and O–H groups in total. The fourth-order valence-corrected chi connectivity index (χ4v) is 3.67. The first kappa shape index (κ1) is 21.1. The number of imidazole rings is 1. The number of benzene rings is 2. The molecule has 0 atom stereocenters. The van der Waals surface area contributed by atoms with Crippen LogP contribution >= 0.6 is 0 Å². The number of hydrogen-bond acceptors (Lipinski definition) is 5. The molecular weight excluding hydrogens is 400 g/mol. The predicted molar refractivity (Wildman–Crippen MR) is 130 cm³/mol. The van der Waals surface area contributed by atoms with Crippen molar-refractivity contribution in [2.75, 3.05) is 12.4 Å². The highest BCUT2D eigenvalue weighted by molar-refractivity contribution is 5.79. The smallest absolute Gasteiger partial charge is 0.143 e. The molecule has 0 spiro atoms. The Balaban J connectivity index is 1.70. The number of aromatic nitrogens is 4. The molecule has 0 fully saturated rings. The van der Waals surface area contributed by atoms with E-state index in [1.54, 1.807) is 18.1 Å². The molecule has 2 aromatic heterocycles. The number of nitrogens with zero attached hydrogens (tertiary/aromatic N) is 5. The van der Waals surface area contributed by atoms with Crippen LogP contribution in [0.25, 0.3) is 28.5 Å². The highest BCUT2D eigenvalue weighted by Gasteiger charge is 2.12. The van der Waals surface area contributed by atoms with Crippen molar-refractivity contribution < 1.29 is 4.74 Å². The number of aliphatic imine (C=N–C) groups is 1. The Morgan fingerprint density at radius 1 is 1.16 bits per heavy atom. The van der Waals surface area contributed by atoms with Gasteiger partial charge < -0.3 is 14.6 Å². The van der Waals surface area contributed by atoms with Gasteiger partial charge in [0.15, 0.2) is 0 Å². The number of methoxy groups -OCH3 is 1. The largest absolute Gasteiger partial charge is 0.495 e. The van der Waals surface area contributed by atoms with Crippen molar-refractivity contribution in [1.29, 1.82) is 0 Å². The summed E-state index contributed by atoms with van der Waals surface area (Å²) in [4.78, 5) is 8.43. The Hall–Kier alpha value is -4.13. The van der Waals surface area contributed by atoms with E-state index in [4.69, 9.17) is 4.74 Å². The van der Waals surface area contributed by atoms with Gasteiger partial charge in [0, 0.05) is 31.4 Å². The summed E-state index contributed by atoms with van der Waals surface area (Å²) in [6.45, 7) is 5.84. The molecule has 2 aromatic carbocycles. The molecule has 4 rings (SSSR count). The molecule has 0 radical (unpaired) electrons. The normalized spacial score (nSPS) is 11.4. The molecule has 0 bridgehead atoms. The molecule has 0 saturated heterocycles. The average molecular weight is 427 g/mol. The van der Waals surface area contributed by atoms with Gasteiger partial charge in [-0.25, -0.2) is 9.98 Å². The maximum atomic E-state index is 5.65. The van der Waals surface area contributed by atoms with Gasteiger partial charge in [0.05, 0.1) is 37.2 Å². The van der Waals surface area contributed by atoms with Gasteiger partial charge in [0.1, 0.15) is 11.6 Å². The van der Waals surface area contributed by atoms with E-state index in [1.165, 1.54) is 0 Å². The Morgan fingerprint density at radius 2 is 2.00 bits per heavy atom. The lowest BCUT2D eigenvalue weighted by Gasteiger charge is -2.14. The molecule has 7 nitrogen and oxygen atoms in total. The Labute approximate surface area is 187 Å². The zero-order chi connectivity index (χ0) is 22.7. The molecule has 0 unspecified atom stereocenters. The summed E-state index contributed by atoms with van der Waals surface area (Å²) in [5, 5.41) is 7.67. The lowest BCUT2D eigenvalue weighted by molar-refractivity contribution is 0.417. The third-order valence-electron chi connectivity index (χ3n) is 5.37. The van der Waals surface area contributed by atoms with Crippen molar-refractivity contribution in [2.24, 2.45) is 19.1 Å². The van der Waals surface area contributed by atoms with Crippen LogP contribution in [0.5, 0.6) is 5.75 Å². The second-order valence-electron chi connectivity index (χ2n) is 7.56. The molecular formula is C25H26N6O. The number of hydrogen-bond donors (Lipinski definition) is 1. The van der Waals surface area contributed by atoms with Gasteiger partial charge in [-0.2, -0.15) is 5.10 Å². The highest BCUT2D eigenvalue weighted by atomic mass is 16.5. The standard InChI is InChI=1S/C25H26N6O/c1-17-7-6-8-20(19-13-28-31(4)15-19)21(17)12-25(26-2)29-22-10-9-18(11-24(22)32-5)23-14-27-16-30(23)3/h6-16,29H,2H2,1,3-5H3/b25-12+. The highest BCUT2D eigenvalue weighted by Crippen LogP contribution is 2.33. The second kappa shape index (κ2) is 8.93. The molecule has 4 aromatic rings. The number of anilines is 1. The van der Waals surface area contributed by atoms with Gasteiger partial charge in [0.25, 0.3) is 0 Å². The van der Waals surface area contributed by atoms with Gasteiger partial charge in [-0.3, -0.25) is 4.68 Å². The van der Waals surface area contributed by atoms with Crippen molar-refractivity contribution in [3.8, 4) is 28.1 Å². The zero-order valence-corrected chi connectivity index (χ0v) is 18.7. The summed E-state index contributed by atoms with van der Waals surface area (Å²) in [5.41, 5.74) is 7.14. The first-order valence-electron chi connectivity index (χ1n) is 10.2. The summed E-state index contributed by atoms with van der Waals surface area (Å²) in [6, 6.07) is 12.2. The van der Waals surface area contributed by atoms with Crippen LogP contribution < -0.4 is 10.1 Å². The van der Waals surface area contributed by atoms with E-state index < -0.39 is 0 Å². The number of ether oxygens (including phenoxy) is 1. The van der Waals surface area contributed by atoms with Crippen LogP contribution in [0.15, 0.2) is 72.1 Å². The van der Waals surface area contributed by atoms with Crippen LogP contribution in [0.2, 0.25) is 0 Å². The van der Waals surface area contributed by atoms with Gasteiger partial charge >= 0.3 is 0 Å². The van der Waals surface area contributed by atoms with Crippen LogP contribution in [0.4, 0.5) is 5.69 Å². The molecule has 0 amide bonds. The topological polar surface area (TPSA) is 69.3 Å².